The summed E-state index contributed by atoms with van der Waals surface area (Å²) in [6, 6.07) is 12.5. The van der Waals surface area contributed by atoms with Gasteiger partial charge in [0.2, 0.25) is 17.6 Å². The van der Waals surface area contributed by atoms with Gasteiger partial charge in [0.1, 0.15) is 6.54 Å². The van der Waals surface area contributed by atoms with Gasteiger partial charge in [-0.3, -0.25) is 19.2 Å². The van der Waals surface area contributed by atoms with Crippen molar-refractivity contribution >= 4 is 34.9 Å². The summed E-state index contributed by atoms with van der Waals surface area (Å²) in [6.45, 7) is 2.94. The Kier molecular flexibility index (Phi) is 7.88. The molecule has 1 atom stereocenters. The van der Waals surface area contributed by atoms with E-state index in [9.17, 15) is 19.2 Å². The summed E-state index contributed by atoms with van der Waals surface area (Å²) in [6.07, 6.45) is -0.805. The number of carbonyl (C=O) groups excluding carboxylic acids is 4. The lowest BCUT2D eigenvalue weighted by Gasteiger charge is -2.12. The van der Waals surface area contributed by atoms with Crippen LogP contribution in [0.15, 0.2) is 42.5 Å². The van der Waals surface area contributed by atoms with Crippen LogP contribution in [0.2, 0.25) is 0 Å². The van der Waals surface area contributed by atoms with Gasteiger partial charge in [-0.05, 0) is 24.6 Å². The van der Waals surface area contributed by atoms with Crippen LogP contribution in [-0.2, 0) is 32.1 Å². The smallest absolute Gasteiger partial charge is 0.326 e. The van der Waals surface area contributed by atoms with Gasteiger partial charge in [-0.2, -0.15) is 0 Å². The van der Waals surface area contributed by atoms with Crippen LogP contribution >= 0.6 is 11.3 Å². The largest absolute Gasteiger partial charge is 0.453 e. The van der Waals surface area contributed by atoms with Gasteiger partial charge in [0.15, 0.2) is 6.10 Å². The van der Waals surface area contributed by atoms with Gasteiger partial charge in [0, 0.05) is 11.8 Å². The van der Waals surface area contributed by atoms with Gasteiger partial charge < -0.3 is 15.4 Å². The van der Waals surface area contributed by atoms with E-state index in [-0.39, 0.29) is 30.6 Å². The Balaban J connectivity index is 1.77. The van der Waals surface area contributed by atoms with Crippen LogP contribution < -0.4 is 10.6 Å². The highest BCUT2D eigenvalue weighted by Crippen LogP contribution is 2.19. The first-order valence-corrected chi connectivity index (χ1v) is 9.54. The summed E-state index contributed by atoms with van der Waals surface area (Å²) in [5.74, 6) is -1.47. The summed E-state index contributed by atoms with van der Waals surface area (Å²) < 4.78 is 5.11. The van der Waals surface area contributed by atoms with Crippen molar-refractivity contribution in [2.45, 2.75) is 32.9 Å². The minimum Gasteiger partial charge on any atom is -0.453 e. The van der Waals surface area contributed by atoms with Crippen molar-refractivity contribution in [3.05, 3.63) is 57.8 Å². The highest BCUT2D eigenvalue weighted by molar-refractivity contribution is 7.14. The molecule has 0 aliphatic heterocycles. The summed E-state index contributed by atoms with van der Waals surface area (Å²) >= 11 is 1.23. The number of nitrogens with one attached hydrogen (secondary N) is 2. The molecule has 0 spiro atoms. The molecule has 0 bridgehead atoms. The Labute approximate surface area is 167 Å². The number of hydrogen-bond acceptors (Lipinski definition) is 6. The molecule has 1 aromatic carbocycles. The number of benzene rings is 1. The number of ketones is 1. The SMILES string of the molecule is CC(=O)NCc1ccc(C(=O)C(C)OC(=O)CNC(=O)Cc2ccccc2)s1. The van der Waals surface area contributed by atoms with Crippen LogP contribution in [-0.4, -0.2) is 36.2 Å². The zero-order chi connectivity index (χ0) is 20.5. The highest BCUT2D eigenvalue weighted by Gasteiger charge is 2.21. The minimum absolute atomic E-state index is 0.155. The Morgan fingerprint density at radius 3 is 2.43 bits per heavy atom. The number of carbonyl (C=O) groups is 4. The molecule has 28 heavy (non-hydrogen) atoms. The molecule has 0 aliphatic rings. The molecule has 0 fully saturated rings. The number of esters is 1. The molecule has 2 aromatic rings. The minimum atomic E-state index is -0.967. The highest BCUT2D eigenvalue weighted by atomic mass is 32.1. The molecular weight excluding hydrogens is 380 g/mol. The van der Waals surface area contributed by atoms with E-state index < -0.39 is 12.1 Å². The zero-order valence-electron chi connectivity index (χ0n) is 15.7. The number of ether oxygens (including phenoxy) is 1. The lowest BCUT2D eigenvalue weighted by molar-refractivity contribution is -0.146. The van der Waals surface area contributed by atoms with Crippen molar-refractivity contribution in [3.63, 3.8) is 0 Å². The first-order chi connectivity index (χ1) is 13.3. The molecule has 1 unspecified atom stereocenters. The maximum Gasteiger partial charge on any atom is 0.326 e. The summed E-state index contributed by atoms with van der Waals surface area (Å²) in [7, 11) is 0. The number of rotatable bonds is 9. The number of Topliss-reactive ketones (excluding diaryl/α,β-unsaturated/α-hetero) is 1. The molecule has 2 amide bonds. The van der Waals surface area contributed by atoms with Crippen molar-refractivity contribution in [1.82, 2.24) is 10.6 Å². The zero-order valence-corrected chi connectivity index (χ0v) is 16.5. The number of hydrogen-bond donors (Lipinski definition) is 2. The van der Waals surface area contributed by atoms with E-state index in [4.69, 9.17) is 4.74 Å². The number of amides is 2. The average Bonchev–Trinajstić information content (AvgIpc) is 3.14. The quantitative estimate of drug-likeness (QED) is 0.492. The van der Waals surface area contributed by atoms with E-state index in [0.29, 0.717) is 11.4 Å². The van der Waals surface area contributed by atoms with E-state index in [0.717, 1.165) is 10.4 Å². The van der Waals surface area contributed by atoms with Crippen molar-refractivity contribution in [1.29, 1.82) is 0 Å². The monoisotopic (exact) mass is 402 g/mol. The first kappa shape index (κ1) is 21.3. The van der Waals surface area contributed by atoms with Crippen LogP contribution in [0.25, 0.3) is 0 Å². The van der Waals surface area contributed by atoms with E-state index in [1.807, 2.05) is 30.3 Å². The second-order valence-electron chi connectivity index (χ2n) is 6.11. The van der Waals surface area contributed by atoms with Crippen molar-refractivity contribution < 1.29 is 23.9 Å². The molecular formula is C20H22N2O5S. The first-order valence-electron chi connectivity index (χ1n) is 8.72. The predicted molar refractivity (Wildman–Crippen MR) is 105 cm³/mol. The van der Waals surface area contributed by atoms with Gasteiger partial charge >= 0.3 is 5.97 Å². The van der Waals surface area contributed by atoms with Crippen LogP contribution in [0.3, 0.4) is 0 Å². The molecule has 8 heteroatoms. The third-order valence-corrected chi connectivity index (χ3v) is 4.83. The lowest BCUT2D eigenvalue weighted by atomic mass is 10.1. The molecule has 0 saturated carbocycles. The fourth-order valence-corrected chi connectivity index (χ4v) is 3.29. The normalized spacial score (nSPS) is 11.4. The second-order valence-corrected chi connectivity index (χ2v) is 7.28. The van der Waals surface area contributed by atoms with Gasteiger partial charge in [-0.25, -0.2) is 0 Å². The second kappa shape index (κ2) is 10.4. The van der Waals surface area contributed by atoms with Gasteiger partial charge in [-0.1, -0.05) is 30.3 Å². The van der Waals surface area contributed by atoms with Gasteiger partial charge in [-0.15, -0.1) is 11.3 Å². The lowest BCUT2D eigenvalue weighted by Crippen LogP contribution is -2.34. The summed E-state index contributed by atoms with van der Waals surface area (Å²) in [5, 5.41) is 5.14. The maximum absolute atomic E-state index is 12.4. The van der Waals surface area contributed by atoms with E-state index >= 15 is 0 Å². The Morgan fingerprint density at radius 1 is 1.04 bits per heavy atom. The van der Waals surface area contributed by atoms with Crippen LogP contribution in [0.5, 0.6) is 0 Å². The van der Waals surface area contributed by atoms with Crippen molar-refractivity contribution in [2.75, 3.05) is 6.54 Å². The fourth-order valence-electron chi connectivity index (χ4n) is 2.32. The van der Waals surface area contributed by atoms with Crippen molar-refractivity contribution in [3.8, 4) is 0 Å². The van der Waals surface area contributed by atoms with Crippen LogP contribution in [0, 0.1) is 0 Å². The van der Waals surface area contributed by atoms with Gasteiger partial charge in [0.05, 0.1) is 17.8 Å². The molecule has 2 N–H and O–H groups in total. The summed E-state index contributed by atoms with van der Waals surface area (Å²) in [4.78, 5) is 48.3. The average molecular weight is 402 g/mol. The van der Waals surface area contributed by atoms with E-state index in [2.05, 4.69) is 10.6 Å². The molecule has 0 radical (unpaired) electrons. The Morgan fingerprint density at radius 2 is 1.75 bits per heavy atom. The fraction of sp³-hybridized carbons (Fsp3) is 0.300. The standard InChI is InChI=1S/C20H22N2O5S/c1-13(20(26)17-9-8-16(28-17)11-21-14(2)23)27-19(25)12-22-18(24)10-15-6-4-3-5-7-15/h3-9,13H,10-12H2,1-2H3,(H,21,23)(H,22,24). The van der Waals surface area contributed by atoms with Gasteiger partial charge in [0.25, 0.3) is 0 Å². The van der Waals surface area contributed by atoms with Crippen LogP contribution in [0.4, 0.5) is 0 Å². The van der Waals surface area contributed by atoms with E-state index in [1.54, 1.807) is 12.1 Å². The van der Waals surface area contributed by atoms with E-state index in [1.165, 1.54) is 25.2 Å². The third-order valence-electron chi connectivity index (χ3n) is 3.73. The molecule has 148 valence electrons. The molecule has 2 rings (SSSR count). The third kappa shape index (κ3) is 6.96. The van der Waals surface area contributed by atoms with Crippen molar-refractivity contribution in [2.24, 2.45) is 0 Å². The molecule has 1 aromatic heterocycles. The number of thiophene rings is 1. The maximum atomic E-state index is 12.4. The summed E-state index contributed by atoms with van der Waals surface area (Å²) in [5.41, 5.74) is 0.838. The molecule has 1 heterocycles. The topological polar surface area (TPSA) is 102 Å². The Bertz CT molecular complexity index is 847. The predicted octanol–water partition coefficient (Wildman–Crippen LogP) is 1.86. The Hall–Kier alpha value is -3.00. The molecule has 0 aliphatic carbocycles. The van der Waals surface area contributed by atoms with Crippen LogP contribution in [0.1, 0.15) is 34.0 Å². The molecule has 0 saturated heterocycles. The molecule has 7 nitrogen and oxygen atoms in total.